The van der Waals surface area contributed by atoms with Crippen molar-refractivity contribution in [3.63, 3.8) is 0 Å². The Bertz CT molecular complexity index is 195. The highest BCUT2D eigenvalue weighted by Crippen LogP contribution is 2.32. The zero-order valence-electron chi connectivity index (χ0n) is 7.72. The monoisotopic (exact) mass is 210 g/mol. The topological polar surface area (TPSA) is 17.1 Å². The van der Waals surface area contributed by atoms with Crippen LogP contribution in [-0.4, -0.2) is 5.78 Å². The molecule has 0 N–H and O–H groups in total. The van der Waals surface area contributed by atoms with Gasteiger partial charge in [-0.15, -0.1) is 24.8 Å². The molecule has 1 nitrogen and oxygen atoms in total. The molecule has 72 valence electrons. The van der Waals surface area contributed by atoms with Gasteiger partial charge in [0.1, 0.15) is 0 Å². The van der Waals surface area contributed by atoms with Gasteiger partial charge in [-0.2, -0.15) is 0 Å². The number of allylic oxidation sites excluding steroid dienone is 2. The second-order valence-electron chi connectivity index (χ2n) is 3.97. The van der Waals surface area contributed by atoms with Crippen LogP contribution in [0.5, 0.6) is 0 Å². The Balaban J connectivity index is 0. The molecule has 0 spiro atoms. The van der Waals surface area contributed by atoms with E-state index >= 15 is 0 Å². The summed E-state index contributed by atoms with van der Waals surface area (Å²) in [6.45, 7) is 6.31. The number of carbonyl (C=O) groups is 1. The minimum absolute atomic E-state index is 0. The van der Waals surface area contributed by atoms with Crippen molar-refractivity contribution in [1.82, 2.24) is 0 Å². The molecular formula is C9H16Cl2O. The fourth-order valence-electron chi connectivity index (χ4n) is 1.67. The lowest BCUT2D eigenvalue weighted by molar-refractivity contribution is -0.117. The Morgan fingerprint density at radius 2 is 1.75 bits per heavy atom. The molecule has 0 aromatic rings. The first-order valence-electron chi connectivity index (χ1n) is 3.70. The summed E-state index contributed by atoms with van der Waals surface area (Å²) in [5.74, 6) is 0.286. The first kappa shape index (κ1) is 14.5. The Kier molecular flexibility index (Phi) is 5.90. The number of hydrogen-bond acceptors (Lipinski definition) is 1. The lowest BCUT2D eigenvalue weighted by Gasteiger charge is -2.27. The summed E-state index contributed by atoms with van der Waals surface area (Å²) >= 11 is 0. The van der Waals surface area contributed by atoms with E-state index in [2.05, 4.69) is 13.8 Å². The van der Waals surface area contributed by atoms with E-state index in [1.54, 1.807) is 6.08 Å². The molecule has 0 aliphatic heterocycles. The van der Waals surface area contributed by atoms with E-state index in [1.807, 2.05) is 6.92 Å². The SMILES string of the molecule is CC1=CC(=O)CC(C)(C)C1.Cl.Cl. The van der Waals surface area contributed by atoms with Crippen LogP contribution < -0.4 is 0 Å². The molecule has 0 radical (unpaired) electrons. The smallest absolute Gasteiger partial charge is 0.156 e. The van der Waals surface area contributed by atoms with Crippen molar-refractivity contribution in [3.8, 4) is 0 Å². The second kappa shape index (κ2) is 4.88. The summed E-state index contributed by atoms with van der Waals surface area (Å²) in [6, 6.07) is 0. The van der Waals surface area contributed by atoms with Crippen LogP contribution in [0.25, 0.3) is 0 Å². The average Bonchev–Trinajstić information content (AvgIpc) is 1.54. The van der Waals surface area contributed by atoms with E-state index in [0.717, 1.165) is 6.42 Å². The molecular weight excluding hydrogens is 195 g/mol. The van der Waals surface area contributed by atoms with Gasteiger partial charge in [0.05, 0.1) is 0 Å². The normalized spacial score (nSPS) is 20.2. The van der Waals surface area contributed by atoms with E-state index in [-0.39, 0.29) is 36.0 Å². The van der Waals surface area contributed by atoms with Gasteiger partial charge < -0.3 is 0 Å². The van der Waals surface area contributed by atoms with Crippen molar-refractivity contribution >= 4 is 30.6 Å². The average molecular weight is 211 g/mol. The van der Waals surface area contributed by atoms with Gasteiger partial charge >= 0.3 is 0 Å². The molecule has 0 saturated carbocycles. The molecule has 0 saturated heterocycles. The number of ketones is 1. The third kappa shape index (κ3) is 4.13. The van der Waals surface area contributed by atoms with Gasteiger partial charge in [-0.1, -0.05) is 19.4 Å². The highest BCUT2D eigenvalue weighted by molar-refractivity contribution is 5.91. The molecule has 1 aliphatic carbocycles. The molecule has 0 atom stereocenters. The quantitative estimate of drug-likeness (QED) is 0.601. The number of hydrogen-bond donors (Lipinski definition) is 0. The van der Waals surface area contributed by atoms with Gasteiger partial charge in [-0.3, -0.25) is 4.79 Å². The Labute approximate surface area is 86.4 Å². The zero-order chi connectivity index (χ0) is 7.78. The zero-order valence-corrected chi connectivity index (χ0v) is 9.35. The van der Waals surface area contributed by atoms with E-state index < -0.39 is 0 Å². The van der Waals surface area contributed by atoms with Gasteiger partial charge in [0.15, 0.2) is 5.78 Å². The summed E-state index contributed by atoms with van der Waals surface area (Å²) in [4.78, 5) is 11.0. The fraction of sp³-hybridized carbons (Fsp3) is 0.667. The van der Waals surface area contributed by atoms with Gasteiger partial charge in [-0.25, -0.2) is 0 Å². The van der Waals surface area contributed by atoms with E-state index in [4.69, 9.17) is 0 Å². The van der Waals surface area contributed by atoms with Crippen LogP contribution in [0.3, 0.4) is 0 Å². The van der Waals surface area contributed by atoms with Gasteiger partial charge in [0.2, 0.25) is 0 Å². The first-order valence-corrected chi connectivity index (χ1v) is 3.70. The van der Waals surface area contributed by atoms with Crippen LogP contribution in [0.2, 0.25) is 0 Å². The van der Waals surface area contributed by atoms with Crippen LogP contribution in [0.4, 0.5) is 0 Å². The summed E-state index contributed by atoms with van der Waals surface area (Å²) in [7, 11) is 0. The summed E-state index contributed by atoms with van der Waals surface area (Å²) in [6.07, 6.45) is 3.55. The number of rotatable bonds is 0. The molecule has 3 heteroatoms. The second-order valence-corrected chi connectivity index (χ2v) is 3.97. The Morgan fingerprint density at radius 1 is 1.25 bits per heavy atom. The molecule has 0 heterocycles. The third-order valence-electron chi connectivity index (χ3n) is 1.82. The molecule has 0 unspecified atom stereocenters. The van der Waals surface area contributed by atoms with Crippen molar-refractivity contribution < 1.29 is 4.79 Å². The molecule has 1 rings (SSSR count). The largest absolute Gasteiger partial charge is 0.295 e. The Morgan fingerprint density at radius 3 is 2.08 bits per heavy atom. The molecule has 0 fully saturated rings. The molecule has 0 aromatic heterocycles. The highest BCUT2D eigenvalue weighted by atomic mass is 35.5. The minimum Gasteiger partial charge on any atom is -0.295 e. The van der Waals surface area contributed by atoms with Crippen molar-refractivity contribution in [2.24, 2.45) is 5.41 Å². The molecule has 0 bridgehead atoms. The predicted octanol–water partition coefficient (Wildman–Crippen LogP) is 3.17. The minimum atomic E-state index is 0. The number of carbonyl (C=O) groups excluding carboxylic acids is 1. The van der Waals surface area contributed by atoms with Crippen molar-refractivity contribution in [3.05, 3.63) is 11.6 Å². The van der Waals surface area contributed by atoms with Crippen LogP contribution >= 0.6 is 24.8 Å². The molecule has 0 aromatic carbocycles. The van der Waals surface area contributed by atoms with Crippen molar-refractivity contribution in [1.29, 1.82) is 0 Å². The van der Waals surface area contributed by atoms with E-state index in [1.165, 1.54) is 5.57 Å². The van der Waals surface area contributed by atoms with E-state index in [0.29, 0.717) is 6.42 Å². The van der Waals surface area contributed by atoms with Gasteiger partial charge in [-0.05, 0) is 24.8 Å². The Hall–Kier alpha value is -0.0100. The van der Waals surface area contributed by atoms with Crippen LogP contribution in [-0.2, 0) is 4.79 Å². The summed E-state index contributed by atoms with van der Waals surface area (Å²) < 4.78 is 0. The van der Waals surface area contributed by atoms with Crippen molar-refractivity contribution in [2.75, 3.05) is 0 Å². The maximum absolute atomic E-state index is 11.0. The molecule has 12 heavy (non-hydrogen) atoms. The highest BCUT2D eigenvalue weighted by Gasteiger charge is 2.25. The summed E-state index contributed by atoms with van der Waals surface area (Å²) in [5.41, 5.74) is 1.43. The maximum Gasteiger partial charge on any atom is 0.156 e. The van der Waals surface area contributed by atoms with Crippen LogP contribution in [0, 0.1) is 5.41 Å². The number of halogens is 2. The standard InChI is InChI=1S/C9H14O.2ClH/c1-7-4-8(10)6-9(2,3)5-7;;/h4H,5-6H2,1-3H3;2*1H. The molecule has 0 amide bonds. The summed E-state index contributed by atoms with van der Waals surface area (Å²) in [5, 5.41) is 0. The van der Waals surface area contributed by atoms with Gasteiger partial charge in [0.25, 0.3) is 0 Å². The van der Waals surface area contributed by atoms with Crippen molar-refractivity contribution in [2.45, 2.75) is 33.6 Å². The van der Waals surface area contributed by atoms with Crippen LogP contribution in [0.15, 0.2) is 11.6 Å². The first-order chi connectivity index (χ1) is 4.49. The van der Waals surface area contributed by atoms with Gasteiger partial charge in [0, 0.05) is 6.42 Å². The lowest BCUT2D eigenvalue weighted by atomic mass is 9.77. The fourth-order valence-corrected chi connectivity index (χ4v) is 1.67. The predicted molar refractivity (Wildman–Crippen MR) is 56.3 cm³/mol. The van der Waals surface area contributed by atoms with Crippen LogP contribution in [0.1, 0.15) is 33.6 Å². The molecule has 1 aliphatic rings. The third-order valence-corrected chi connectivity index (χ3v) is 1.82. The van der Waals surface area contributed by atoms with E-state index in [9.17, 15) is 4.79 Å². The maximum atomic E-state index is 11.0. The lowest BCUT2D eigenvalue weighted by Crippen LogP contribution is -2.20.